The number of methoxy groups -OCH3 is 1. The van der Waals surface area contributed by atoms with E-state index in [0.717, 1.165) is 29.3 Å². The number of pyridine rings is 1. The number of tetrazole rings is 1. The maximum Gasteiger partial charge on any atom is 0.252 e. The molecule has 5 rings (SSSR count). The molecule has 200 valence electrons. The lowest BCUT2D eigenvalue weighted by Gasteiger charge is -2.30. The Labute approximate surface area is 226 Å². The van der Waals surface area contributed by atoms with Crippen LogP contribution >= 0.6 is 0 Å². The first kappa shape index (κ1) is 26.2. The van der Waals surface area contributed by atoms with Crippen LogP contribution in [0.3, 0.4) is 0 Å². The van der Waals surface area contributed by atoms with Crippen molar-refractivity contribution in [1.29, 1.82) is 0 Å². The van der Waals surface area contributed by atoms with Gasteiger partial charge in [-0.3, -0.25) is 9.69 Å². The van der Waals surface area contributed by atoms with Crippen LogP contribution < -0.4 is 10.3 Å². The molecule has 0 bridgehead atoms. The van der Waals surface area contributed by atoms with E-state index in [-0.39, 0.29) is 17.4 Å². The molecule has 0 spiro atoms. The molecule has 0 aliphatic rings. The van der Waals surface area contributed by atoms with Crippen LogP contribution in [-0.4, -0.2) is 43.7 Å². The summed E-state index contributed by atoms with van der Waals surface area (Å²) in [5.74, 6) is 1.11. The van der Waals surface area contributed by atoms with Crippen molar-refractivity contribution >= 4 is 10.9 Å². The number of nitrogens with zero attached hydrogens (tertiary/aromatic N) is 5. The number of rotatable bonds is 11. The van der Waals surface area contributed by atoms with Crippen molar-refractivity contribution < 1.29 is 9.13 Å². The summed E-state index contributed by atoms with van der Waals surface area (Å²) in [6.45, 7) is 3.64. The predicted octanol–water partition coefficient (Wildman–Crippen LogP) is 4.91. The van der Waals surface area contributed by atoms with Crippen LogP contribution in [0, 0.1) is 5.82 Å². The molecule has 2 heterocycles. The van der Waals surface area contributed by atoms with E-state index in [9.17, 15) is 9.18 Å². The van der Waals surface area contributed by atoms with Gasteiger partial charge in [0.15, 0.2) is 5.82 Å². The second kappa shape index (κ2) is 12.0. The third kappa shape index (κ3) is 6.21. The highest BCUT2D eigenvalue weighted by molar-refractivity contribution is 5.80. The highest BCUT2D eigenvalue weighted by Crippen LogP contribution is 2.26. The molecule has 0 aliphatic heterocycles. The summed E-state index contributed by atoms with van der Waals surface area (Å²) in [5.41, 5.74) is 3.37. The molecule has 39 heavy (non-hydrogen) atoms. The first-order chi connectivity index (χ1) is 19.0. The summed E-state index contributed by atoms with van der Waals surface area (Å²) >= 11 is 0. The molecule has 0 aliphatic carbocycles. The van der Waals surface area contributed by atoms with Gasteiger partial charge >= 0.3 is 0 Å². The van der Waals surface area contributed by atoms with Gasteiger partial charge in [-0.05, 0) is 70.1 Å². The molecule has 1 N–H and O–H groups in total. The molecule has 8 nitrogen and oxygen atoms in total. The van der Waals surface area contributed by atoms with Gasteiger partial charge in [0.05, 0.1) is 25.2 Å². The van der Waals surface area contributed by atoms with Crippen molar-refractivity contribution in [1.82, 2.24) is 30.1 Å². The smallest absolute Gasteiger partial charge is 0.252 e. The minimum Gasteiger partial charge on any atom is -0.497 e. The summed E-state index contributed by atoms with van der Waals surface area (Å²) in [6.07, 6.45) is 1.54. The van der Waals surface area contributed by atoms with Crippen molar-refractivity contribution in [3.63, 3.8) is 0 Å². The lowest BCUT2D eigenvalue weighted by Crippen LogP contribution is -2.34. The molecule has 1 atom stereocenters. The Hall–Kier alpha value is -4.37. The summed E-state index contributed by atoms with van der Waals surface area (Å²) in [6, 6.07) is 24.1. The first-order valence-electron chi connectivity index (χ1n) is 13.0. The Bertz CT molecular complexity index is 1580. The van der Waals surface area contributed by atoms with Crippen LogP contribution in [0.15, 0.2) is 83.7 Å². The van der Waals surface area contributed by atoms with Gasteiger partial charge in [-0.1, -0.05) is 49.4 Å². The fraction of sp³-hybridized carbons (Fsp3) is 0.267. The van der Waals surface area contributed by atoms with Crippen LogP contribution in [0.5, 0.6) is 5.75 Å². The van der Waals surface area contributed by atoms with Gasteiger partial charge < -0.3 is 9.72 Å². The Balaban J connectivity index is 1.47. The van der Waals surface area contributed by atoms with Gasteiger partial charge in [0, 0.05) is 24.7 Å². The number of fused-ring (bicyclic) bond motifs is 1. The molecule has 0 unspecified atom stereocenters. The van der Waals surface area contributed by atoms with Crippen LogP contribution in [0.25, 0.3) is 10.9 Å². The fourth-order valence-electron chi connectivity index (χ4n) is 4.88. The third-order valence-corrected chi connectivity index (χ3v) is 6.96. The average molecular weight is 527 g/mol. The number of H-pyrrole nitrogens is 1. The number of hydrogen-bond donors (Lipinski definition) is 1. The van der Waals surface area contributed by atoms with Crippen molar-refractivity contribution in [2.75, 3.05) is 13.7 Å². The highest BCUT2D eigenvalue weighted by Gasteiger charge is 2.26. The van der Waals surface area contributed by atoms with Gasteiger partial charge in [-0.2, -0.15) is 0 Å². The molecule has 9 heteroatoms. The highest BCUT2D eigenvalue weighted by atomic mass is 19.1. The van der Waals surface area contributed by atoms with Crippen LogP contribution in [-0.2, 0) is 19.5 Å². The molecule has 0 saturated heterocycles. The quantitative estimate of drug-likeness (QED) is 0.263. The zero-order chi connectivity index (χ0) is 27.2. The summed E-state index contributed by atoms with van der Waals surface area (Å²) in [4.78, 5) is 18.5. The normalized spacial score (nSPS) is 12.2. The molecule has 5 aromatic rings. The van der Waals surface area contributed by atoms with E-state index in [0.29, 0.717) is 36.8 Å². The SMILES string of the molecule is CC[C@H](c1nnnn1Cc1ccc(F)cc1)N(CCc1ccccc1)Cc1cc2ccc(OC)cc2[nH]c1=O. The molecular formula is C30H31FN6O2. The number of aromatic nitrogens is 5. The summed E-state index contributed by atoms with van der Waals surface area (Å²) in [7, 11) is 1.60. The minimum atomic E-state index is -0.284. The number of hydrogen-bond acceptors (Lipinski definition) is 6. The lowest BCUT2D eigenvalue weighted by molar-refractivity contribution is 0.172. The van der Waals surface area contributed by atoms with Crippen LogP contribution in [0.2, 0.25) is 0 Å². The van der Waals surface area contributed by atoms with Crippen LogP contribution in [0.4, 0.5) is 4.39 Å². The second-order valence-electron chi connectivity index (χ2n) is 9.53. The molecule has 3 aromatic carbocycles. The van der Waals surface area contributed by atoms with Gasteiger partial charge in [-0.25, -0.2) is 9.07 Å². The number of ether oxygens (including phenoxy) is 1. The Kier molecular flexibility index (Phi) is 8.07. The molecule has 2 aromatic heterocycles. The maximum atomic E-state index is 13.4. The Morgan fingerprint density at radius 3 is 2.56 bits per heavy atom. The molecule has 0 amide bonds. The summed E-state index contributed by atoms with van der Waals surface area (Å²) in [5, 5.41) is 13.5. The standard InChI is InChI=1S/C30H31FN6O2/c1-3-28(29-33-34-35-37(29)19-22-9-12-25(31)13-10-22)36(16-15-21-7-5-4-6-8-21)20-24-17-23-11-14-26(39-2)18-27(23)32-30(24)38/h4-14,17-18,28H,3,15-16,19-20H2,1-2H3,(H,32,38)/t28-/m1/s1. The average Bonchev–Trinajstić information content (AvgIpc) is 3.41. The van der Waals surface area contributed by atoms with Crippen molar-refractivity contribution in [3.8, 4) is 5.75 Å². The van der Waals surface area contributed by atoms with E-state index in [4.69, 9.17) is 4.74 Å². The lowest BCUT2D eigenvalue weighted by atomic mass is 10.1. The van der Waals surface area contributed by atoms with Gasteiger partial charge in [0.25, 0.3) is 5.56 Å². The van der Waals surface area contributed by atoms with Gasteiger partial charge in [0.1, 0.15) is 11.6 Å². The van der Waals surface area contributed by atoms with Gasteiger partial charge in [-0.15, -0.1) is 5.10 Å². The van der Waals surface area contributed by atoms with E-state index in [1.165, 1.54) is 17.7 Å². The maximum absolute atomic E-state index is 13.4. The zero-order valence-electron chi connectivity index (χ0n) is 22.0. The number of benzene rings is 3. The van der Waals surface area contributed by atoms with E-state index in [1.54, 1.807) is 23.9 Å². The van der Waals surface area contributed by atoms with Crippen molar-refractivity contribution in [2.24, 2.45) is 0 Å². The third-order valence-electron chi connectivity index (χ3n) is 6.96. The first-order valence-corrected chi connectivity index (χ1v) is 13.0. The van der Waals surface area contributed by atoms with E-state index < -0.39 is 0 Å². The van der Waals surface area contributed by atoms with Crippen molar-refractivity contribution in [3.05, 3.63) is 118 Å². The molecular weight excluding hydrogens is 495 g/mol. The van der Waals surface area contributed by atoms with Crippen molar-refractivity contribution in [2.45, 2.75) is 38.9 Å². The molecule has 0 fully saturated rings. The monoisotopic (exact) mass is 526 g/mol. The number of halogens is 1. The fourth-order valence-corrected chi connectivity index (χ4v) is 4.88. The van der Waals surface area contributed by atoms with E-state index in [2.05, 4.69) is 44.5 Å². The predicted molar refractivity (Wildman–Crippen MR) is 148 cm³/mol. The Morgan fingerprint density at radius 2 is 1.82 bits per heavy atom. The minimum absolute atomic E-state index is 0.138. The largest absolute Gasteiger partial charge is 0.497 e. The number of nitrogens with one attached hydrogen (secondary N) is 1. The van der Waals surface area contributed by atoms with E-state index >= 15 is 0 Å². The van der Waals surface area contributed by atoms with Gasteiger partial charge in [0.2, 0.25) is 0 Å². The van der Waals surface area contributed by atoms with Crippen LogP contribution in [0.1, 0.15) is 41.9 Å². The second-order valence-corrected chi connectivity index (χ2v) is 9.53. The molecule has 0 saturated carbocycles. The molecule has 0 radical (unpaired) electrons. The summed E-state index contributed by atoms with van der Waals surface area (Å²) < 4.78 is 20.5. The van der Waals surface area contributed by atoms with E-state index in [1.807, 2.05) is 42.5 Å². The number of aromatic amines is 1. The topological polar surface area (TPSA) is 88.9 Å². The zero-order valence-corrected chi connectivity index (χ0v) is 22.0. The Morgan fingerprint density at radius 1 is 1.03 bits per heavy atom.